The van der Waals surface area contributed by atoms with E-state index in [1.165, 1.54) is 11.1 Å². The number of hydrogen-bond acceptors (Lipinski definition) is 3. The molecule has 2 aromatic rings. The number of likely N-dealkylation sites (tertiary alicyclic amines) is 1. The van der Waals surface area contributed by atoms with Crippen LogP contribution < -0.4 is 5.73 Å². The zero-order chi connectivity index (χ0) is 19.3. The molecule has 1 aliphatic heterocycles. The monoisotopic (exact) mass is 437 g/mol. The highest BCUT2D eigenvalue weighted by Gasteiger charge is 2.35. The van der Waals surface area contributed by atoms with E-state index in [-0.39, 0.29) is 42.2 Å². The zero-order valence-electron chi connectivity index (χ0n) is 17.3. The van der Waals surface area contributed by atoms with Gasteiger partial charge in [-0.15, -0.1) is 24.8 Å². The highest BCUT2D eigenvalue weighted by molar-refractivity contribution is 5.85. The SMILES string of the molecule is CC1(C)CN(C(=O)CN(Cc2ccccc2)Cc2ccccc2)CCC1N.Cl.Cl. The van der Waals surface area contributed by atoms with Gasteiger partial charge in [-0.2, -0.15) is 0 Å². The van der Waals surface area contributed by atoms with E-state index >= 15 is 0 Å². The van der Waals surface area contributed by atoms with Crippen molar-refractivity contribution in [3.05, 3.63) is 71.8 Å². The maximum Gasteiger partial charge on any atom is 0.236 e. The van der Waals surface area contributed by atoms with Crippen LogP contribution in [0, 0.1) is 5.41 Å². The van der Waals surface area contributed by atoms with Gasteiger partial charge in [0.05, 0.1) is 6.54 Å². The van der Waals surface area contributed by atoms with Gasteiger partial charge in [0, 0.05) is 32.2 Å². The lowest BCUT2D eigenvalue weighted by Gasteiger charge is -2.43. The Kier molecular flexibility index (Phi) is 10.1. The quantitative estimate of drug-likeness (QED) is 0.738. The van der Waals surface area contributed by atoms with Gasteiger partial charge in [-0.3, -0.25) is 9.69 Å². The van der Waals surface area contributed by atoms with Crippen molar-refractivity contribution in [3.8, 4) is 0 Å². The summed E-state index contributed by atoms with van der Waals surface area (Å²) < 4.78 is 0. The van der Waals surface area contributed by atoms with E-state index in [4.69, 9.17) is 5.73 Å². The van der Waals surface area contributed by atoms with Crippen LogP contribution in [0.2, 0.25) is 0 Å². The molecule has 0 saturated carbocycles. The molecule has 1 aliphatic rings. The first-order valence-corrected chi connectivity index (χ1v) is 9.77. The maximum atomic E-state index is 13.0. The molecule has 1 heterocycles. The van der Waals surface area contributed by atoms with Crippen LogP contribution in [0.3, 0.4) is 0 Å². The minimum atomic E-state index is -0.0302. The van der Waals surface area contributed by atoms with Crippen molar-refractivity contribution in [2.75, 3.05) is 19.6 Å². The summed E-state index contributed by atoms with van der Waals surface area (Å²) in [5, 5.41) is 0. The van der Waals surface area contributed by atoms with E-state index in [0.717, 1.165) is 32.6 Å². The van der Waals surface area contributed by atoms with Gasteiger partial charge in [-0.1, -0.05) is 74.5 Å². The lowest BCUT2D eigenvalue weighted by Crippen LogP contribution is -2.55. The van der Waals surface area contributed by atoms with Crippen LogP contribution in [-0.2, 0) is 17.9 Å². The molecule has 0 aliphatic carbocycles. The molecule has 2 N–H and O–H groups in total. The molecule has 0 aromatic heterocycles. The van der Waals surface area contributed by atoms with E-state index in [9.17, 15) is 4.79 Å². The Morgan fingerprint density at radius 1 is 1.00 bits per heavy atom. The minimum Gasteiger partial charge on any atom is -0.341 e. The summed E-state index contributed by atoms with van der Waals surface area (Å²) in [5.74, 6) is 0.196. The zero-order valence-corrected chi connectivity index (χ0v) is 18.9. The molecular formula is C23H33Cl2N3O. The summed E-state index contributed by atoms with van der Waals surface area (Å²) in [5.41, 5.74) is 8.65. The number of rotatable bonds is 6. The topological polar surface area (TPSA) is 49.6 Å². The lowest BCUT2D eigenvalue weighted by molar-refractivity contribution is -0.136. The summed E-state index contributed by atoms with van der Waals surface area (Å²) in [7, 11) is 0. The summed E-state index contributed by atoms with van der Waals surface area (Å²) in [6.07, 6.45) is 0.871. The molecule has 6 heteroatoms. The average Bonchev–Trinajstić information content (AvgIpc) is 2.65. The highest BCUT2D eigenvalue weighted by Crippen LogP contribution is 2.27. The van der Waals surface area contributed by atoms with Crippen molar-refractivity contribution in [3.63, 3.8) is 0 Å². The van der Waals surface area contributed by atoms with E-state index in [2.05, 4.69) is 43.0 Å². The van der Waals surface area contributed by atoms with E-state index in [0.29, 0.717) is 6.54 Å². The van der Waals surface area contributed by atoms with Gasteiger partial charge >= 0.3 is 0 Å². The van der Waals surface area contributed by atoms with Crippen LogP contribution in [0.4, 0.5) is 0 Å². The molecule has 4 nitrogen and oxygen atoms in total. The Morgan fingerprint density at radius 2 is 1.48 bits per heavy atom. The Hall–Kier alpha value is -1.59. The van der Waals surface area contributed by atoms with Crippen LogP contribution in [0.25, 0.3) is 0 Å². The van der Waals surface area contributed by atoms with Crippen molar-refractivity contribution in [2.45, 2.75) is 39.4 Å². The van der Waals surface area contributed by atoms with Crippen molar-refractivity contribution in [2.24, 2.45) is 11.1 Å². The molecule has 1 atom stereocenters. The smallest absolute Gasteiger partial charge is 0.236 e. The number of carbonyl (C=O) groups is 1. The van der Waals surface area contributed by atoms with Crippen LogP contribution in [-0.4, -0.2) is 41.4 Å². The van der Waals surface area contributed by atoms with Crippen molar-refractivity contribution < 1.29 is 4.79 Å². The summed E-state index contributed by atoms with van der Waals surface area (Å²) in [6.45, 7) is 7.75. The molecule has 1 fully saturated rings. The summed E-state index contributed by atoms with van der Waals surface area (Å²) >= 11 is 0. The number of amides is 1. The van der Waals surface area contributed by atoms with Gasteiger partial charge in [-0.05, 0) is 23.0 Å². The number of nitrogens with zero attached hydrogens (tertiary/aromatic N) is 2. The largest absolute Gasteiger partial charge is 0.341 e. The fraction of sp³-hybridized carbons (Fsp3) is 0.435. The third kappa shape index (κ3) is 7.31. The molecule has 1 unspecified atom stereocenters. The summed E-state index contributed by atoms with van der Waals surface area (Å²) in [6, 6.07) is 20.9. The normalized spacial score (nSPS) is 17.9. The first kappa shape index (κ1) is 25.4. The van der Waals surface area contributed by atoms with Gasteiger partial charge < -0.3 is 10.6 Å². The Morgan fingerprint density at radius 3 is 1.93 bits per heavy atom. The summed E-state index contributed by atoms with van der Waals surface area (Å²) in [4.78, 5) is 17.2. The Labute approximate surface area is 187 Å². The first-order chi connectivity index (χ1) is 12.9. The Bertz CT molecular complexity index is 699. The predicted octanol–water partition coefficient (Wildman–Crippen LogP) is 4.12. The van der Waals surface area contributed by atoms with Crippen LogP contribution >= 0.6 is 24.8 Å². The molecule has 0 spiro atoms. The number of carbonyl (C=O) groups excluding carboxylic acids is 1. The number of benzene rings is 2. The Balaban J connectivity index is 0.00000210. The fourth-order valence-corrected chi connectivity index (χ4v) is 3.73. The van der Waals surface area contributed by atoms with Gasteiger partial charge in [0.15, 0.2) is 0 Å². The molecule has 0 radical (unpaired) electrons. The average molecular weight is 438 g/mol. The third-order valence-corrected chi connectivity index (χ3v) is 5.52. The van der Waals surface area contributed by atoms with Gasteiger partial charge in [-0.25, -0.2) is 0 Å². The molecule has 1 amide bonds. The molecule has 29 heavy (non-hydrogen) atoms. The molecule has 160 valence electrons. The fourth-order valence-electron chi connectivity index (χ4n) is 3.73. The van der Waals surface area contributed by atoms with Crippen LogP contribution in [0.15, 0.2) is 60.7 Å². The van der Waals surface area contributed by atoms with Gasteiger partial charge in [0.2, 0.25) is 5.91 Å². The van der Waals surface area contributed by atoms with Gasteiger partial charge in [0.1, 0.15) is 0 Å². The van der Waals surface area contributed by atoms with Gasteiger partial charge in [0.25, 0.3) is 0 Å². The third-order valence-electron chi connectivity index (χ3n) is 5.52. The highest BCUT2D eigenvalue weighted by atomic mass is 35.5. The number of piperidine rings is 1. The van der Waals surface area contributed by atoms with Crippen LogP contribution in [0.1, 0.15) is 31.4 Å². The van der Waals surface area contributed by atoms with E-state index in [1.807, 2.05) is 41.3 Å². The lowest BCUT2D eigenvalue weighted by atomic mass is 9.79. The van der Waals surface area contributed by atoms with Crippen molar-refractivity contribution >= 4 is 30.7 Å². The van der Waals surface area contributed by atoms with Crippen molar-refractivity contribution in [1.29, 1.82) is 0 Å². The number of halogens is 2. The van der Waals surface area contributed by atoms with Crippen molar-refractivity contribution in [1.82, 2.24) is 9.80 Å². The maximum absolute atomic E-state index is 13.0. The van der Waals surface area contributed by atoms with E-state index in [1.54, 1.807) is 0 Å². The first-order valence-electron chi connectivity index (χ1n) is 9.77. The molecule has 3 rings (SSSR count). The predicted molar refractivity (Wildman–Crippen MR) is 124 cm³/mol. The minimum absolute atomic E-state index is 0. The second kappa shape index (κ2) is 11.6. The van der Waals surface area contributed by atoms with Crippen LogP contribution in [0.5, 0.6) is 0 Å². The molecule has 2 aromatic carbocycles. The number of hydrogen-bond donors (Lipinski definition) is 1. The van der Waals surface area contributed by atoms with E-state index < -0.39 is 0 Å². The molecular weight excluding hydrogens is 405 g/mol. The molecule has 1 saturated heterocycles. The standard InChI is InChI=1S/C23H31N3O.2ClH/c1-23(2)18-26(14-13-21(23)24)22(27)17-25(15-19-9-5-3-6-10-19)16-20-11-7-4-8-12-20;;/h3-12,21H,13-18,24H2,1-2H3;2*1H. The second-order valence-electron chi connectivity index (χ2n) is 8.32. The number of nitrogens with two attached hydrogens (primary N) is 1. The molecule has 0 bridgehead atoms. The second-order valence-corrected chi connectivity index (χ2v) is 8.32.